The lowest BCUT2D eigenvalue weighted by atomic mass is 9.82. The number of hydrogen-bond acceptors (Lipinski definition) is 12. The Morgan fingerprint density at radius 1 is 0.382 bits per heavy atom. The maximum Gasteiger partial charge on any atom is 0.138 e. The summed E-state index contributed by atoms with van der Waals surface area (Å²) in [6, 6.07) is 30.7. The lowest BCUT2D eigenvalue weighted by Crippen LogP contribution is -1.99. The highest BCUT2D eigenvalue weighted by Gasteiger charge is 2.46. The molecule has 8 rings (SSSR count). The summed E-state index contributed by atoms with van der Waals surface area (Å²) >= 11 is 0. The quantitative estimate of drug-likeness (QED) is 0.149. The van der Waals surface area contributed by atoms with Gasteiger partial charge in [0, 0.05) is 46.0 Å². The Hall–Kier alpha value is -9.55. The maximum absolute atomic E-state index is 10.5. The average molecular weight is 695 g/mol. The summed E-state index contributed by atoms with van der Waals surface area (Å²) in [7, 11) is 0. The van der Waals surface area contributed by atoms with E-state index in [1.54, 1.807) is 12.1 Å². The molecule has 3 aliphatic carbocycles. The van der Waals surface area contributed by atoms with E-state index in [2.05, 4.69) is 11.4 Å². The molecule has 1 fully saturated rings. The Morgan fingerprint density at radius 2 is 0.655 bits per heavy atom. The van der Waals surface area contributed by atoms with Gasteiger partial charge in [-0.15, -0.1) is 0 Å². The molecule has 0 spiro atoms. The molecule has 12 nitrogen and oxygen atoms in total. The Bertz CT molecular complexity index is 3170. The van der Waals surface area contributed by atoms with Gasteiger partial charge in [-0.2, -0.15) is 57.9 Å². The summed E-state index contributed by atoms with van der Waals surface area (Å²) in [5.74, 6) is 0. The van der Waals surface area contributed by atoms with Gasteiger partial charge in [-0.05, 0) is 92.0 Å². The van der Waals surface area contributed by atoms with Gasteiger partial charge in [0.15, 0.2) is 0 Å². The fourth-order valence-corrected chi connectivity index (χ4v) is 7.99. The smallest absolute Gasteiger partial charge is 0.138 e. The van der Waals surface area contributed by atoms with Crippen LogP contribution in [-0.2, 0) is 0 Å². The third kappa shape index (κ3) is 4.12. The predicted molar refractivity (Wildman–Crippen MR) is 189 cm³/mol. The highest BCUT2D eigenvalue weighted by molar-refractivity contribution is 6.25. The molecule has 4 aliphatic rings. The van der Waals surface area contributed by atoms with Crippen molar-refractivity contribution in [1.82, 2.24) is 5.32 Å². The van der Waals surface area contributed by atoms with Crippen LogP contribution in [0.25, 0.3) is 50.1 Å². The molecule has 1 unspecified atom stereocenters. The van der Waals surface area contributed by atoms with Crippen molar-refractivity contribution >= 4 is 16.7 Å². The van der Waals surface area contributed by atoms with Crippen molar-refractivity contribution < 1.29 is 0 Å². The number of nitrogens with zero attached hydrogens (tertiary/aromatic N) is 11. The van der Waals surface area contributed by atoms with Crippen molar-refractivity contribution in [2.45, 2.75) is 6.04 Å². The number of nitriles is 11. The van der Waals surface area contributed by atoms with E-state index in [0.717, 1.165) is 0 Å². The van der Waals surface area contributed by atoms with Crippen LogP contribution in [0, 0.1) is 125 Å². The first-order valence-electron chi connectivity index (χ1n) is 16.0. The van der Waals surface area contributed by atoms with E-state index in [9.17, 15) is 57.9 Å². The topological polar surface area (TPSA) is 284 Å². The van der Waals surface area contributed by atoms with E-state index >= 15 is 0 Å². The number of allylic oxidation sites excluding steroid dienone is 3. The number of fused-ring (bicyclic) bond motifs is 12. The standard InChI is InChI=1S/C43H10N12/c44-7-19-1-28-31(3-21(19)9-46)39-41(35(28)24(12-49)13-50)38-32-4-22(10-47)20(8-45)2-29(32)36(25(14-51)15-52)42(38)40-33-6-27(34-18-55-34)23(11-48)5-30(33)37(43(39)40)26(16-53)17-54/h1-6,34,55H,18H2. The van der Waals surface area contributed by atoms with Crippen molar-refractivity contribution in [3.63, 3.8) is 0 Å². The van der Waals surface area contributed by atoms with E-state index in [1.165, 1.54) is 24.3 Å². The average Bonchev–Trinajstić information content (AvgIpc) is 3.87. The first-order valence-corrected chi connectivity index (χ1v) is 16.0. The van der Waals surface area contributed by atoms with Gasteiger partial charge in [-0.1, -0.05) is 0 Å². The van der Waals surface area contributed by atoms with Crippen molar-refractivity contribution in [3.05, 3.63) is 120 Å². The molecule has 4 aromatic rings. The zero-order valence-electron chi connectivity index (χ0n) is 27.7. The van der Waals surface area contributed by atoms with Crippen LogP contribution >= 0.6 is 0 Å². The van der Waals surface area contributed by atoms with Crippen molar-refractivity contribution in [3.8, 4) is 100 Å². The van der Waals surface area contributed by atoms with Crippen LogP contribution in [-0.4, -0.2) is 6.54 Å². The molecular weight excluding hydrogens is 685 g/mol. The molecule has 242 valence electrons. The molecule has 1 saturated heterocycles. The summed E-state index contributed by atoms with van der Waals surface area (Å²) in [4.78, 5) is 0. The van der Waals surface area contributed by atoms with Crippen LogP contribution in [0.15, 0.2) is 53.1 Å². The zero-order chi connectivity index (χ0) is 38.9. The first-order chi connectivity index (χ1) is 26.8. The third-order valence-corrected chi connectivity index (χ3v) is 10.2. The van der Waals surface area contributed by atoms with Crippen LogP contribution in [0.4, 0.5) is 0 Å². The highest BCUT2D eigenvalue weighted by Crippen LogP contribution is 2.65. The Morgan fingerprint density at radius 3 is 0.927 bits per heavy atom. The predicted octanol–water partition coefficient (Wildman–Crippen LogP) is 6.18. The number of rotatable bonds is 1. The second-order valence-corrected chi connectivity index (χ2v) is 12.6. The maximum atomic E-state index is 10.5. The second kappa shape index (κ2) is 11.8. The van der Waals surface area contributed by atoms with Gasteiger partial charge in [0.1, 0.15) is 77.4 Å². The number of hydrogen-bond donors (Lipinski definition) is 1. The molecular formula is C43H10N12. The monoisotopic (exact) mass is 694 g/mol. The summed E-state index contributed by atoms with van der Waals surface area (Å²) in [6.45, 7) is 0.565. The minimum Gasteiger partial charge on any atom is -0.307 e. The van der Waals surface area contributed by atoms with Crippen molar-refractivity contribution in [2.24, 2.45) is 0 Å². The molecule has 1 heterocycles. The van der Waals surface area contributed by atoms with Crippen LogP contribution in [0.1, 0.15) is 72.8 Å². The first kappa shape index (κ1) is 32.6. The van der Waals surface area contributed by atoms with Gasteiger partial charge < -0.3 is 5.32 Å². The molecule has 0 bridgehead atoms. The van der Waals surface area contributed by atoms with Gasteiger partial charge in [0.2, 0.25) is 0 Å². The summed E-state index contributed by atoms with van der Waals surface area (Å²) in [5.41, 5.74) is 2.96. The number of nitrogens with one attached hydrogen (secondary N) is 1. The molecule has 0 amide bonds. The summed E-state index contributed by atoms with van der Waals surface area (Å²) in [5, 5.41) is 117. The van der Waals surface area contributed by atoms with Crippen LogP contribution in [0.2, 0.25) is 0 Å². The fourth-order valence-electron chi connectivity index (χ4n) is 7.99. The Balaban J connectivity index is 1.77. The zero-order valence-corrected chi connectivity index (χ0v) is 27.7. The van der Waals surface area contributed by atoms with Gasteiger partial charge in [-0.25, -0.2) is 0 Å². The van der Waals surface area contributed by atoms with E-state index in [0.29, 0.717) is 28.8 Å². The lowest BCUT2D eigenvalue weighted by molar-refractivity contribution is 1.07. The van der Waals surface area contributed by atoms with Gasteiger partial charge >= 0.3 is 0 Å². The van der Waals surface area contributed by atoms with Crippen LogP contribution in [0.5, 0.6) is 0 Å². The lowest BCUT2D eigenvalue weighted by Gasteiger charge is -2.19. The Labute approximate surface area is 311 Å². The third-order valence-electron chi connectivity index (χ3n) is 10.2. The second-order valence-electron chi connectivity index (χ2n) is 12.6. The molecule has 55 heavy (non-hydrogen) atoms. The minimum atomic E-state index is -0.402. The molecule has 1 N–H and O–H groups in total. The van der Waals surface area contributed by atoms with E-state index in [1.807, 2.05) is 60.7 Å². The molecule has 4 aromatic carbocycles. The summed E-state index contributed by atoms with van der Waals surface area (Å²) < 4.78 is 0. The molecule has 0 radical (unpaired) electrons. The van der Waals surface area contributed by atoms with Crippen LogP contribution in [0.3, 0.4) is 0 Å². The van der Waals surface area contributed by atoms with E-state index < -0.39 is 5.57 Å². The van der Waals surface area contributed by atoms with Crippen molar-refractivity contribution in [2.75, 3.05) is 6.54 Å². The van der Waals surface area contributed by atoms with Crippen molar-refractivity contribution in [1.29, 1.82) is 57.9 Å². The van der Waals surface area contributed by atoms with Crippen LogP contribution < -0.4 is 5.32 Å². The molecule has 12 heteroatoms. The van der Waals surface area contributed by atoms with E-state index in [-0.39, 0.29) is 112 Å². The van der Waals surface area contributed by atoms with Gasteiger partial charge in [0.25, 0.3) is 0 Å². The molecule has 1 atom stereocenters. The minimum absolute atomic E-state index is 0.0342. The van der Waals surface area contributed by atoms with Gasteiger partial charge in [0.05, 0.1) is 33.9 Å². The molecule has 0 aromatic heterocycles. The summed E-state index contributed by atoms with van der Waals surface area (Å²) in [6.07, 6.45) is 0. The highest BCUT2D eigenvalue weighted by atomic mass is 15.1. The fraction of sp³-hybridized carbons (Fsp3) is 0.0465. The van der Waals surface area contributed by atoms with Gasteiger partial charge in [-0.3, -0.25) is 0 Å². The molecule has 0 saturated carbocycles. The SMILES string of the molecule is N#CC(C#N)=C1c2cc(C#N)c(C#N)cc2-c2c1c1c(c3c2C(=C(C#N)C#N)c2cc(C#N)c(C4CN4)cc2-3)C(=C(C#N)C#N)c2cc(C#N)c(C#N)cc2-1. The normalized spacial score (nSPS) is 13.5. The van der Waals surface area contributed by atoms with E-state index in [4.69, 9.17) is 0 Å². The largest absolute Gasteiger partial charge is 0.307 e. The molecule has 1 aliphatic heterocycles. The Kier molecular flexibility index (Phi) is 6.98. The number of benzene rings is 4.